The standard InChI is InChI=1S/C13H24N4O2S2/c1-6-10(2)16-13(14-3)15-9-11-7-8-12(20-11)21(18,19)17(4)5/h7-8,10H,6,9H2,1-5H3,(H2,14,15,16). The van der Waals surface area contributed by atoms with Gasteiger partial charge in [0.1, 0.15) is 4.21 Å². The molecule has 120 valence electrons. The third kappa shape index (κ3) is 4.98. The van der Waals surface area contributed by atoms with Crippen LogP contribution >= 0.6 is 11.3 Å². The fraction of sp³-hybridized carbons (Fsp3) is 0.615. The van der Waals surface area contributed by atoms with Crippen molar-refractivity contribution in [1.82, 2.24) is 14.9 Å². The molecular weight excluding hydrogens is 308 g/mol. The zero-order chi connectivity index (χ0) is 16.0. The molecule has 0 aliphatic heterocycles. The van der Waals surface area contributed by atoms with Crippen molar-refractivity contribution in [1.29, 1.82) is 0 Å². The second-order valence-corrected chi connectivity index (χ2v) is 8.43. The Balaban J connectivity index is 2.68. The Morgan fingerprint density at radius 3 is 2.62 bits per heavy atom. The van der Waals surface area contributed by atoms with Crippen molar-refractivity contribution in [3.8, 4) is 0 Å². The van der Waals surface area contributed by atoms with Crippen LogP contribution in [0.5, 0.6) is 0 Å². The van der Waals surface area contributed by atoms with Gasteiger partial charge < -0.3 is 10.6 Å². The first kappa shape index (κ1) is 17.9. The van der Waals surface area contributed by atoms with E-state index in [0.29, 0.717) is 16.8 Å². The van der Waals surface area contributed by atoms with Gasteiger partial charge in [-0.15, -0.1) is 11.3 Å². The summed E-state index contributed by atoms with van der Waals surface area (Å²) >= 11 is 1.27. The molecule has 1 heterocycles. The van der Waals surface area contributed by atoms with E-state index in [1.165, 1.54) is 29.7 Å². The summed E-state index contributed by atoms with van der Waals surface area (Å²) in [5.74, 6) is 0.717. The Bertz CT molecular complexity index is 579. The van der Waals surface area contributed by atoms with E-state index in [9.17, 15) is 8.42 Å². The number of thiophene rings is 1. The molecule has 0 aliphatic carbocycles. The number of sulfonamides is 1. The predicted octanol–water partition coefficient (Wildman–Crippen LogP) is 1.46. The molecule has 8 heteroatoms. The van der Waals surface area contributed by atoms with Gasteiger partial charge in [0.15, 0.2) is 5.96 Å². The first-order chi connectivity index (χ1) is 9.81. The second-order valence-electron chi connectivity index (χ2n) is 4.89. The van der Waals surface area contributed by atoms with Crippen molar-refractivity contribution in [2.45, 2.75) is 37.1 Å². The fourth-order valence-corrected chi connectivity index (χ4v) is 3.94. The van der Waals surface area contributed by atoms with Crippen LogP contribution in [-0.2, 0) is 16.6 Å². The number of hydrogen-bond donors (Lipinski definition) is 2. The van der Waals surface area contributed by atoms with Gasteiger partial charge in [-0.25, -0.2) is 12.7 Å². The van der Waals surface area contributed by atoms with E-state index in [1.807, 2.05) is 6.07 Å². The molecule has 0 saturated heterocycles. The lowest BCUT2D eigenvalue weighted by atomic mass is 10.3. The summed E-state index contributed by atoms with van der Waals surface area (Å²) in [7, 11) is 1.44. The van der Waals surface area contributed by atoms with E-state index in [-0.39, 0.29) is 0 Å². The summed E-state index contributed by atoms with van der Waals surface area (Å²) in [6, 6.07) is 3.80. The molecule has 1 atom stereocenters. The molecule has 0 amide bonds. The van der Waals surface area contributed by atoms with Gasteiger partial charge >= 0.3 is 0 Å². The largest absolute Gasteiger partial charge is 0.354 e. The van der Waals surface area contributed by atoms with E-state index in [1.54, 1.807) is 13.1 Å². The third-order valence-electron chi connectivity index (χ3n) is 3.02. The first-order valence-corrected chi connectivity index (χ1v) is 9.05. The molecule has 0 saturated carbocycles. The number of nitrogens with zero attached hydrogens (tertiary/aromatic N) is 2. The molecule has 0 radical (unpaired) electrons. The quantitative estimate of drug-likeness (QED) is 0.611. The molecule has 0 bridgehead atoms. The Kier molecular flexibility index (Phi) is 6.63. The number of rotatable bonds is 6. The maximum Gasteiger partial charge on any atom is 0.252 e. The molecule has 6 nitrogen and oxygen atoms in total. The number of aliphatic imine (C=N–C) groups is 1. The summed E-state index contributed by atoms with van der Waals surface area (Å²) < 4.78 is 25.6. The number of hydrogen-bond acceptors (Lipinski definition) is 4. The highest BCUT2D eigenvalue weighted by Crippen LogP contribution is 2.23. The minimum Gasteiger partial charge on any atom is -0.354 e. The Hall–Kier alpha value is -1.12. The molecule has 2 N–H and O–H groups in total. The minimum absolute atomic E-state index is 0.337. The SMILES string of the molecule is CCC(C)NC(=NC)NCc1ccc(S(=O)(=O)N(C)C)s1. The van der Waals surface area contributed by atoms with Crippen molar-refractivity contribution in [2.24, 2.45) is 4.99 Å². The molecule has 1 rings (SSSR count). The minimum atomic E-state index is -3.34. The van der Waals surface area contributed by atoms with Gasteiger partial charge in [-0.2, -0.15) is 0 Å². The van der Waals surface area contributed by atoms with Crippen molar-refractivity contribution in [2.75, 3.05) is 21.1 Å². The average molecular weight is 332 g/mol. The van der Waals surface area contributed by atoms with Crippen LogP contribution in [0.15, 0.2) is 21.3 Å². The molecule has 0 spiro atoms. The topological polar surface area (TPSA) is 73.8 Å². The first-order valence-electron chi connectivity index (χ1n) is 6.79. The predicted molar refractivity (Wildman–Crippen MR) is 88.3 cm³/mol. The van der Waals surface area contributed by atoms with Gasteiger partial charge in [-0.1, -0.05) is 6.92 Å². The van der Waals surface area contributed by atoms with E-state index in [2.05, 4.69) is 29.5 Å². The highest BCUT2D eigenvalue weighted by Gasteiger charge is 2.19. The van der Waals surface area contributed by atoms with Crippen LogP contribution in [0, 0.1) is 0 Å². The van der Waals surface area contributed by atoms with E-state index in [4.69, 9.17) is 0 Å². The van der Waals surface area contributed by atoms with Crippen LogP contribution < -0.4 is 10.6 Å². The molecular formula is C13H24N4O2S2. The summed E-state index contributed by atoms with van der Waals surface area (Å²) in [5.41, 5.74) is 0. The lowest BCUT2D eigenvalue weighted by Crippen LogP contribution is -2.41. The lowest BCUT2D eigenvalue weighted by Gasteiger charge is -2.15. The van der Waals surface area contributed by atoms with Crippen LogP contribution in [0.1, 0.15) is 25.1 Å². The summed E-state index contributed by atoms with van der Waals surface area (Å²) in [6.45, 7) is 4.73. The van der Waals surface area contributed by atoms with Crippen LogP contribution in [0.3, 0.4) is 0 Å². The van der Waals surface area contributed by atoms with Crippen LogP contribution in [-0.4, -0.2) is 45.9 Å². The van der Waals surface area contributed by atoms with Gasteiger partial charge in [0.2, 0.25) is 0 Å². The van der Waals surface area contributed by atoms with Crippen LogP contribution in [0.2, 0.25) is 0 Å². The highest BCUT2D eigenvalue weighted by molar-refractivity contribution is 7.91. The van der Waals surface area contributed by atoms with Crippen molar-refractivity contribution < 1.29 is 8.42 Å². The fourth-order valence-electron chi connectivity index (χ4n) is 1.47. The molecule has 1 aromatic heterocycles. The van der Waals surface area contributed by atoms with Gasteiger partial charge in [0, 0.05) is 32.1 Å². The van der Waals surface area contributed by atoms with Crippen molar-refractivity contribution in [3.63, 3.8) is 0 Å². The molecule has 0 aromatic carbocycles. The Morgan fingerprint density at radius 1 is 1.43 bits per heavy atom. The van der Waals surface area contributed by atoms with Crippen molar-refractivity contribution in [3.05, 3.63) is 17.0 Å². The van der Waals surface area contributed by atoms with Gasteiger partial charge in [-0.05, 0) is 25.5 Å². The zero-order valence-electron chi connectivity index (χ0n) is 13.2. The smallest absolute Gasteiger partial charge is 0.252 e. The van der Waals surface area contributed by atoms with Gasteiger partial charge in [0.05, 0.1) is 6.54 Å². The van der Waals surface area contributed by atoms with Crippen LogP contribution in [0.25, 0.3) is 0 Å². The maximum atomic E-state index is 12.0. The second kappa shape index (κ2) is 7.77. The van der Waals surface area contributed by atoms with E-state index < -0.39 is 10.0 Å². The normalized spacial score (nSPS) is 14.3. The molecule has 0 fully saturated rings. The third-order valence-corrected chi connectivity index (χ3v) is 6.39. The molecule has 21 heavy (non-hydrogen) atoms. The Labute approximate surface area is 131 Å². The average Bonchev–Trinajstić information content (AvgIpc) is 2.92. The molecule has 0 aliphatic rings. The van der Waals surface area contributed by atoms with Crippen LogP contribution in [0.4, 0.5) is 0 Å². The number of nitrogens with one attached hydrogen (secondary N) is 2. The van der Waals surface area contributed by atoms with E-state index >= 15 is 0 Å². The maximum absolute atomic E-state index is 12.0. The van der Waals surface area contributed by atoms with E-state index in [0.717, 1.165) is 17.3 Å². The van der Waals surface area contributed by atoms with Gasteiger partial charge in [0.25, 0.3) is 10.0 Å². The van der Waals surface area contributed by atoms with Gasteiger partial charge in [-0.3, -0.25) is 4.99 Å². The summed E-state index contributed by atoms with van der Waals surface area (Å²) in [5, 5.41) is 6.44. The Morgan fingerprint density at radius 2 is 2.10 bits per heavy atom. The van der Waals surface area contributed by atoms with Crippen molar-refractivity contribution >= 4 is 27.3 Å². The summed E-state index contributed by atoms with van der Waals surface area (Å²) in [4.78, 5) is 5.09. The highest BCUT2D eigenvalue weighted by atomic mass is 32.2. The zero-order valence-corrected chi connectivity index (χ0v) is 14.8. The monoisotopic (exact) mass is 332 g/mol. The molecule has 1 aromatic rings. The lowest BCUT2D eigenvalue weighted by molar-refractivity contribution is 0.523. The summed E-state index contributed by atoms with van der Waals surface area (Å²) in [6.07, 6.45) is 1.00. The molecule has 1 unspecified atom stereocenters. The number of guanidine groups is 1.